The van der Waals surface area contributed by atoms with Crippen molar-refractivity contribution < 1.29 is 134 Å². The molecule has 5 rings (SSSR count). The Bertz CT molecular complexity index is 1330. The van der Waals surface area contributed by atoms with Crippen LogP contribution in [-0.2, 0) is 52.2 Å². The molecule has 0 aliphatic carbocycles. The van der Waals surface area contributed by atoms with Crippen LogP contribution in [0.2, 0.25) is 0 Å². The molecular weight excluding hydrogens is 830 g/mol. The molecular formula is C32H55NO27. The molecule has 25 atom stereocenters. The van der Waals surface area contributed by atoms with Crippen molar-refractivity contribution >= 4 is 5.97 Å². The number of aliphatic carboxylic acids is 1. The van der Waals surface area contributed by atoms with Gasteiger partial charge in [-0.2, -0.15) is 0 Å². The number of nitrogens with two attached hydrogens (primary N) is 1. The number of hydrogen-bond acceptors (Lipinski definition) is 27. The molecule has 0 aromatic carbocycles. The second kappa shape index (κ2) is 21.4. The van der Waals surface area contributed by atoms with E-state index in [1.54, 1.807) is 0 Å². The standard InChI is InChI=1S/C32H55NO27/c33-1-2-51-28-18(45)13(40)22(8(4-35)53-28)56-30-19(46)14(41)23(9(5-36)54-30)57-31-20(47)15(42)24(10(6-37)55-31)58-32-21(48)16(43)25(26(60-32)27(49)50)59-29-17(44)12(39)11(38)7(3-34)52-29/h7-26,28-32,34-48H,1-6,33H2,(H,49,50)/t7?,8?,9?,10?,11-,12-,13+,14+,15+,16+,17?,18?,19?,20?,21?,22-,23+,24+,25-,26?,28-,29+,30+,31-,32+/m0/s1. The van der Waals surface area contributed by atoms with E-state index in [0.29, 0.717) is 0 Å². The maximum atomic E-state index is 12.2. The van der Waals surface area contributed by atoms with Gasteiger partial charge in [-0.3, -0.25) is 0 Å². The van der Waals surface area contributed by atoms with Crippen molar-refractivity contribution in [1.82, 2.24) is 0 Å². The van der Waals surface area contributed by atoms with Crippen molar-refractivity contribution in [2.75, 3.05) is 39.6 Å². The van der Waals surface area contributed by atoms with E-state index in [9.17, 15) is 86.5 Å². The van der Waals surface area contributed by atoms with Crippen molar-refractivity contribution in [2.24, 2.45) is 5.73 Å². The molecule has 10 unspecified atom stereocenters. The summed E-state index contributed by atoms with van der Waals surface area (Å²) in [6.07, 6.45) is -47.7. The highest BCUT2D eigenvalue weighted by Crippen LogP contribution is 2.35. The highest BCUT2D eigenvalue weighted by molar-refractivity contribution is 5.73. The summed E-state index contributed by atoms with van der Waals surface area (Å²) in [5.74, 6) is -1.84. The van der Waals surface area contributed by atoms with Gasteiger partial charge >= 0.3 is 5.97 Å². The Labute approximate surface area is 338 Å². The molecule has 0 saturated carbocycles. The van der Waals surface area contributed by atoms with E-state index in [0.717, 1.165) is 0 Å². The van der Waals surface area contributed by atoms with Crippen molar-refractivity contribution in [2.45, 2.75) is 154 Å². The Morgan fingerprint density at radius 3 is 1.12 bits per heavy atom. The summed E-state index contributed by atoms with van der Waals surface area (Å²) in [4.78, 5) is 12.2. The summed E-state index contributed by atoms with van der Waals surface area (Å²) in [6, 6.07) is 0. The van der Waals surface area contributed by atoms with Gasteiger partial charge in [0.05, 0.1) is 33.0 Å². The number of aliphatic hydroxyl groups is 15. The van der Waals surface area contributed by atoms with Crippen molar-refractivity contribution in [3.8, 4) is 0 Å². The Morgan fingerprint density at radius 1 is 0.417 bits per heavy atom. The summed E-state index contributed by atoms with van der Waals surface area (Å²) < 4.78 is 54.4. The first-order valence-electron chi connectivity index (χ1n) is 18.8. The van der Waals surface area contributed by atoms with E-state index in [-0.39, 0.29) is 13.2 Å². The van der Waals surface area contributed by atoms with Gasteiger partial charge < -0.3 is 135 Å². The van der Waals surface area contributed by atoms with Gasteiger partial charge in [-0.15, -0.1) is 0 Å². The van der Waals surface area contributed by atoms with Crippen LogP contribution < -0.4 is 5.73 Å². The number of carboxylic acids is 1. The lowest BCUT2D eigenvalue weighted by Crippen LogP contribution is -2.68. The van der Waals surface area contributed by atoms with E-state index in [1.807, 2.05) is 0 Å². The van der Waals surface area contributed by atoms with Crippen LogP contribution in [0.1, 0.15) is 0 Å². The van der Waals surface area contributed by atoms with Crippen molar-refractivity contribution in [3.63, 3.8) is 0 Å². The summed E-state index contributed by atoms with van der Waals surface area (Å²) in [6.45, 7) is -3.73. The van der Waals surface area contributed by atoms with E-state index < -0.39 is 186 Å². The quantitative estimate of drug-likeness (QED) is 0.0684. The molecule has 0 bridgehead atoms. The van der Waals surface area contributed by atoms with Gasteiger partial charge in [-0.1, -0.05) is 0 Å². The largest absolute Gasteiger partial charge is 0.479 e. The molecule has 0 aromatic rings. The molecule has 5 aliphatic heterocycles. The molecule has 5 aliphatic rings. The zero-order chi connectivity index (χ0) is 44.3. The third-order valence-corrected chi connectivity index (χ3v) is 10.7. The number of carbonyl (C=O) groups is 1. The third kappa shape index (κ3) is 10.2. The molecule has 0 aromatic heterocycles. The SMILES string of the molecule is NCCO[C@H]1OC(CO)[C@H](O[C@H]2OC(CO)[C@@H](O[C@@H]3OC(CO)[C@@H](O[C@@H]4OC(C(=O)O)[C@@H](O[C@H]5OC(CO)[C@H](O)[C@H](O)C5O)[C@H](O)C4O)[C@H](O)C3O)[C@H](O)C2O)[C@H](O)C1O. The normalized spacial score (nSPS) is 50.4. The van der Waals surface area contributed by atoms with Crippen LogP contribution in [0.3, 0.4) is 0 Å². The molecule has 28 heteroatoms. The number of hydrogen-bond donors (Lipinski definition) is 17. The molecule has 28 nitrogen and oxygen atoms in total. The van der Waals surface area contributed by atoms with E-state index in [4.69, 9.17) is 53.1 Å². The van der Waals surface area contributed by atoms with Crippen LogP contribution in [0.15, 0.2) is 0 Å². The smallest absolute Gasteiger partial charge is 0.335 e. The first kappa shape index (κ1) is 49.4. The average molecular weight is 886 g/mol. The van der Waals surface area contributed by atoms with Crippen LogP contribution in [0.4, 0.5) is 0 Å². The summed E-state index contributed by atoms with van der Waals surface area (Å²) in [5, 5.41) is 167. The van der Waals surface area contributed by atoms with Gasteiger partial charge in [-0.05, 0) is 0 Å². The van der Waals surface area contributed by atoms with Crippen molar-refractivity contribution in [1.29, 1.82) is 0 Å². The van der Waals surface area contributed by atoms with Gasteiger partial charge in [0.1, 0.15) is 116 Å². The summed E-state index contributed by atoms with van der Waals surface area (Å²) >= 11 is 0. The monoisotopic (exact) mass is 885 g/mol. The Morgan fingerprint density at radius 2 is 0.733 bits per heavy atom. The molecule has 5 saturated heterocycles. The molecule has 5 fully saturated rings. The minimum Gasteiger partial charge on any atom is -0.479 e. The van der Waals surface area contributed by atoms with Gasteiger partial charge in [0.15, 0.2) is 37.6 Å². The maximum absolute atomic E-state index is 12.2. The van der Waals surface area contributed by atoms with Crippen LogP contribution in [0.25, 0.3) is 0 Å². The Kier molecular flexibility index (Phi) is 17.6. The Hall–Kier alpha value is -1.57. The third-order valence-electron chi connectivity index (χ3n) is 10.7. The molecule has 60 heavy (non-hydrogen) atoms. The highest BCUT2D eigenvalue weighted by Gasteiger charge is 2.57. The van der Waals surface area contributed by atoms with Crippen LogP contribution >= 0.6 is 0 Å². The van der Waals surface area contributed by atoms with Crippen LogP contribution in [-0.4, -0.2) is 281 Å². The lowest BCUT2D eigenvalue weighted by molar-refractivity contribution is -0.391. The fourth-order valence-electron chi connectivity index (χ4n) is 7.31. The fraction of sp³-hybridized carbons (Fsp3) is 0.969. The van der Waals surface area contributed by atoms with Crippen molar-refractivity contribution in [3.05, 3.63) is 0 Å². The van der Waals surface area contributed by atoms with Gasteiger partial charge in [0.25, 0.3) is 0 Å². The van der Waals surface area contributed by atoms with Gasteiger partial charge in [0.2, 0.25) is 0 Å². The molecule has 18 N–H and O–H groups in total. The number of carboxylic acid groups (broad SMARTS) is 1. The zero-order valence-corrected chi connectivity index (χ0v) is 31.4. The molecule has 350 valence electrons. The molecule has 0 radical (unpaired) electrons. The summed E-state index contributed by atoms with van der Waals surface area (Å²) in [5.41, 5.74) is 5.39. The number of rotatable bonds is 16. The van der Waals surface area contributed by atoms with Crippen LogP contribution in [0, 0.1) is 0 Å². The highest BCUT2D eigenvalue weighted by atomic mass is 16.8. The van der Waals surface area contributed by atoms with Crippen LogP contribution in [0.5, 0.6) is 0 Å². The average Bonchev–Trinajstić information content (AvgIpc) is 3.23. The van der Waals surface area contributed by atoms with Gasteiger partial charge in [-0.25, -0.2) is 4.79 Å². The zero-order valence-electron chi connectivity index (χ0n) is 31.4. The topological polar surface area (TPSA) is 459 Å². The second-order valence-electron chi connectivity index (χ2n) is 14.6. The first-order chi connectivity index (χ1) is 28.4. The number of aliphatic hydroxyl groups excluding tert-OH is 15. The first-order valence-corrected chi connectivity index (χ1v) is 18.8. The molecule has 0 spiro atoms. The minimum absolute atomic E-state index is 0.0344. The number of ether oxygens (including phenoxy) is 10. The van der Waals surface area contributed by atoms with E-state index in [2.05, 4.69) is 0 Å². The fourth-order valence-corrected chi connectivity index (χ4v) is 7.31. The summed E-state index contributed by atoms with van der Waals surface area (Å²) in [7, 11) is 0. The van der Waals surface area contributed by atoms with E-state index >= 15 is 0 Å². The minimum atomic E-state index is -2.25. The molecule has 0 amide bonds. The lowest BCUT2D eigenvalue weighted by atomic mass is 9.95. The maximum Gasteiger partial charge on any atom is 0.335 e. The molecule has 5 heterocycles. The van der Waals surface area contributed by atoms with E-state index in [1.165, 1.54) is 0 Å². The predicted molar refractivity (Wildman–Crippen MR) is 180 cm³/mol. The lowest BCUT2D eigenvalue weighted by Gasteiger charge is -2.49. The Balaban J connectivity index is 1.23. The van der Waals surface area contributed by atoms with Gasteiger partial charge in [0, 0.05) is 6.54 Å². The predicted octanol–water partition coefficient (Wildman–Crippen LogP) is -11.8. The second-order valence-corrected chi connectivity index (χ2v) is 14.6.